The van der Waals surface area contributed by atoms with Crippen molar-refractivity contribution in [3.8, 4) is 0 Å². The highest BCUT2D eigenvalue weighted by Gasteiger charge is 2.46. The highest BCUT2D eigenvalue weighted by Crippen LogP contribution is 2.55. The predicted molar refractivity (Wildman–Crippen MR) is 33.1 cm³/mol. The molecule has 1 saturated carbocycles. The zero-order chi connectivity index (χ0) is 5.84. The quantitative estimate of drug-likeness (QED) is 0.545. The molecule has 0 aromatic carbocycles. The predicted octanol–water partition coefficient (Wildman–Crippen LogP) is 1.07. The van der Waals surface area contributed by atoms with Gasteiger partial charge < -0.3 is 0 Å². The van der Waals surface area contributed by atoms with Crippen molar-refractivity contribution in [2.45, 2.75) is 18.8 Å². The van der Waals surface area contributed by atoms with Gasteiger partial charge in [0, 0.05) is 5.69 Å². The lowest BCUT2D eigenvalue weighted by atomic mass is 10.2. The van der Waals surface area contributed by atoms with Gasteiger partial charge in [-0.25, -0.2) is 0 Å². The topological polar surface area (TPSA) is 28.7 Å². The second kappa shape index (κ2) is 1.06. The summed E-state index contributed by atoms with van der Waals surface area (Å²) in [4.78, 5) is 0. The van der Waals surface area contributed by atoms with Crippen LogP contribution in [0, 0.1) is 5.92 Å². The molecule has 0 aliphatic heterocycles. The van der Waals surface area contributed by atoms with Gasteiger partial charge >= 0.3 is 0 Å². The number of hydrogen-bond acceptors (Lipinski definition) is 1. The third-order valence-electron chi connectivity index (χ3n) is 2.54. The van der Waals surface area contributed by atoms with Crippen LogP contribution in [0.25, 0.3) is 0 Å². The maximum Gasteiger partial charge on any atom is 0.0525 e. The number of aromatic nitrogens is 2. The summed E-state index contributed by atoms with van der Waals surface area (Å²) in [7, 11) is 0. The normalized spacial score (nSPS) is 36.0. The minimum absolute atomic E-state index is 0.902. The molecule has 0 radical (unpaired) electrons. The molecular weight excluding hydrogens is 112 g/mol. The molecule has 1 heterocycles. The fourth-order valence-corrected chi connectivity index (χ4v) is 1.92. The average Bonchev–Trinajstić information content (AvgIpc) is 2.38. The Morgan fingerprint density at radius 1 is 1.67 bits per heavy atom. The summed E-state index contributed by atoms with van der Waals surface area (Å²) in [6, 6.07) is 0. The average molecular weight is 120 g/mol. The Labute approximate surface area is 53.3 Å². The molecule has 2 atom stereocenters. The minimum atomic E-state index is 0.902. The van der Waals surface area contributed by atoms with E-state index in [1.54, 1.807) is 0 Å². The van der Waals surface area contributed by atoms with Gasteiger partial charge in [0.2, 0.25) is 0 Å². The van der Waals surface area contributed by atoms with Crippen molar-refractivity contribution in [1.82, 2.24) is 10.2 Å². The number of rotatable bonds is 0. The van der Waals surface area contributed by atoms with Gasteiger partial charge in [0.25, 0.3) is 0 Å². The fraction of sp³-hybridized carbons (Fsp3) is 0.571. The van der Waals surface area contributed by atoms with Crippen molar-refractivity contribution in [3.63, 3.8) is 0 Å². The van der Waals surface area contributed by atoms with E-state index in [-0.39, 0.29) is 0 Å². The molecule has 1 aromatic heterocycles. The maximum absolute atomic E-state index is 4.00. The van der Waals surface area contributed by atoms with E-state index >= 15 is 0 Å². The first-order valence-corrected chi connectivity index (χ1v) is 3.47. The number of fused-ring (bicyclic) bond motifs is 3. The number of hydrogen-bond donors (Lipinski definition) is 1. The van der Waals surface area contributed by atoms with Gasteiger partial charge in [-0.3, -0.25) is 5.10 Å². The number of nitrogens with zero attached hydrogens (tertiary/aromatic N) is 1. The Kier molecular flexibility index (Phi) is 0.481. The first kappa shape index (κ1) is 4.09. The smallest absolute Gasteiger partial charge is 0.0525 e. The standard InChI is InChI=1S/C7H8N2/c1-4-2-7-6(5(1)4)3-8-9-7/h3-5H,1-2H2,(H,8,9). The van der Waals surface area contributed by atoms with E-state index in [1.165, 1.54) is 24.1 Å². The van der Waals surface area contributed by atoms with Crippen LogP contribution in [0.2, 0.25) is 0 Å². The van der Waals surface area contributed by atoms with E-state index in [4.69, 9.17) is 0 Å². The third-order valence-corrected chi connectivity index (χ3v) is 2.54. The summed E-state index contributed by atoms with van der Waals surface area (Å²) in [6.45, 7) is 0. The number of nitrogens with one attached hydrogen (secondary N) is 1. The Morgan fingerprint density at radius 3 is 3.56 bits per heavy atom. The number of aromatic amines is 1. The summed E-state index contributed by atoms with van der Waals surface area (Å²) < 4.78 is 0. The lowest BCUT2D eigenvalue weighted by Gasteiger charge is -1.87. The largest absolute Gasteiger partial charge is 0.282 e. The molecule has 9 heavy (non-hydrogen) atoms. The van der Waals surface area contributed by atoms with E-state index in [0.29, 0.717) is 0 Å². The van der Waals surface area contributed by atoms with Gasteiger partial charge in [0.15, 0.2) is 0 Å². The van der Waals surface area contributed by atoms with Gasteiger partial charge in [0.1, 0.15) is 0 Å². The lowest BCUT2D eigenvalue weighted by Crippen LogP contribution is -1.82. The Bertz CT molecular complexity index is 251. The summed E-state index contributed by atoms with van der Waals surface area (Å²) >= 11 is 0. The SMILES string of the molecule is c1n[nH]c2c1C1CC1C2. The molecule has 1 fully saturated rings. The monoisotopic (exact) mass is 120 g/mol. The molecular formula is C7H8N2. The van der Waals surface area contributed by atoms with E-state index in [9.17, 15) is 0 Å². The van der Waals surface area contributed by atoms with E-state index < -0.39 is 0 Å². The summed E-state index contributed by atoms with van der Waals surface area (Å²) in [5.41, 5.74) is 2.90. The van der Waals surface area contributed by atoms with Crippen molar-refractivity contribution >= 4 is 0 Å². The van der Waals surface area contributed by atoms with Crippen LogP contribution in [0.1, 0.15) is 23.6 Å². The van der Waals surface area contributed by atoms with Gasteiger partial charge in [-0.05, 0) is 30.2 Å². The first-order chi connectivity index (χ1) is 4.45. The molecule has 0 saturated heterocycles. The molecule has 46 valence electrons. The molecule has 2 aliphatic rings. The van der Waals surface area contributed by atoms with Crippen molar-refractivity contribution < 1.29 is 0 Å². The van der Waals surface area contributed by atoms with E-state index in [2.05, 4.69) is 10.2 Å². The summed E-state index contributed by atoms with van der Waals surface area (Å²) in [6.07, 6.45) is 4.68. The van der Waals surface area contributed by atoms with Crippen LogP contribution in [-0.2, 0) is 6.42 Å². The fourth-order valence-electron chi connectivity index (χ4n) is 1.92. The van der Waals surface area contributed by atoms with Gasteiger partial charge in [-0.15, -0.1) is 0 Å². The van der Waals surface area contributed by atoms with Crippen molar-refractivity contribution in [1.29, 1.82) is 0 Å². The van der Waals surface area contributed by atoms with Gasteiger partial charge in [-0.1, -0.05) is 0 Å². The lowest BCUT2D eigenvalue weighted by molar-refractivity contribution is 0.816. The molecule has 2 aliphatic carbocycles. The third kappa shape index (κ3) is 0.363. The number of H-pyrrole nitrogens is 1. The zero-order valence-electron chi connectivity index (χ0n) is 5.09. The van der Waals surface area contributed by atoms with Crippen molar-refractivity contribution in [3.05, 3.63) is 17.5 Å². The van der Waals surface area contributed by atoms with Gasteiger partial charge in [0.05, 0.1) is 6.20 Å². The molecule has 1 N–H and O–H groups in total. The van der Waals surface area contributed by atoms with Crippen molar-refractivity contribution in [2.24, 2.45) is 5.92 Å². The maximum atomic E-state index is 4.00. The Morgan fingerprint density at radius 2 is 2.67 bits per heavy atom. The molecule has 2 heteroatoms. The van der Waals surface area contributed by atoms with Crippen LogP contribution >= 0.6 is 0 Å². The molecule has 2 nitrogen and oxygen atoms in total. The van der Waals surface area contributed by atoms with Crippen LogP contribution < -0.4 is 0 Å². The zero-order valence-corrected chi connectivity index (χ0v) is 5.09. The van der Waals surface area contributed by atoms with Gasteiger partial charge in [-0.2, -0.15) is 5.10 Å². The van der Waals surface area contributed by atoms with E-state index in [1.807, 2.05) is 6.20 Å². The van der Waals surface area contributed by atoms with Crippen molar-refractivity contribution in [2.75, 3.05) is 0 Å². The second-order valence-corrected chi connectivity index (χ2v) is 3.11. The van der Waals surface area contributed by atoms with Crippen LogP contribution in [0.4, 0.5) is 0 Å². The molecule has 0 spiro atoms. The molecule has 1 aromatic rings. The van der Waals surface area contributed by atoms with Crippen LogP contribution in [-0.4, -0.2) is 10.2 Å². The van der Waals surface area contributed by atoms with Crippen LogP contribution in [0.5, 0.6) is 0 Å². The Balaban J connectivity index is 2.25. The summed E-state index contributed by atoms with van der Waals surface area (Å²) in [5.74, 6) is 1.90. The molecule has 2 unspecified atom stereocenters. The Hall–Kier alpha value is -0.790. The molecule has 0 bridgehead atoms. The first-order valence-electron chi connectivity index (χ1n) is 3.47. The highest BCUT2D eigenvalue weighted by atomic mass is 15.1. The molecule has 0 amide bonds. The second-order valence-electron chi connectivity index (χ2n) is 3.11. The minimum Gasteiger partial charge on any atom is -0.282 e. The molecule has 3 rings (SSSR count). The van der Waals surface area contributed by atoms with Crippen LogP contribution in [0.3, 0.4) is 0 Å². The van der Waals surface area contributed by atoms with E-state index in [0.717, 1.165) is 11.8 Å². The summed E-state index contributed by atoms with van der Waals surface area (Å²) in [5, 5.41) is 7.02. The van der Waals surface area contributed by atoms with Crippen LogP contribution in [0.15, 0.2) is 6.20 Å². The highest BCUT2D eigenvalue weighted by molar-refractivity contribution is 5.35.